The molecule has 126 valence electrons. The molecule has 0 unspecified atom stereocenters. The number of benzene rings is 1. The molecule has 0 atom stereocenters. The van der Waals surface area contributed by atoms with Gasteiger partial charge in [0.25, 0.3) is 5.91 Å². The van der Waals surface area contributed by atoms with E-state index in [2.05, 4.69) is 24.7 Å². The summed E-state index contributed by atoms with van der Waals surface area (Å²) < 4.78 is 5.40. The van der Waals surface area contributed by atoms with Gasteiger partial charge in [-0.3, -0.25) is 20.4 Å². The van der Waals surface area contributed by atoms with Crippen molar-refractivity contribution >= 4 is 11.8 Å². The zero-order valence-corrected chi connectivity index (χ0v) is 13.9. The van der Waals surface area contributed by atoms with Crippen molar-refractivity contribution in [2.75, 3.05) is 6.61 Å². The van der Waals surface area contributed by atoms with Crippen molar-refractivity contribution in [3.8, 4) is 5.75 Å². The van der Waals surface area contributed by atoms with E-state index < -0.39 is 0 Å². The van der Waals surface area contributed by atoms with E-state index in [4.69, 9.17) is 4.74 Å². The Hall–Kier alpha value is -2.04. The molecule has 1 aromatic rings. The van der Waals surface area contributed by atoms with Gasteiger partial charge in [0, 0.05) is 6.42 Å². The molecule has 5 heteroatoms. The summed E-state index contributed by atoms with van der Waals surface area (Å²) in [5.74, 6) is 1.07. The van der Waals surface area contributed by atoms with Gasteiger partial charge in [0.2, 0.25) is 5.91 Å². The van der Waals surface area contributed by atoms with Crippen LogP contribution in [0.4, 0.5) is 0 Å². The van der Waals surface area contributed by atoms with Gasteiger partial charge in [-0.2, -0.15) is 0 Å². The molecule has 23 heavy (non-hydrogen) atoms. The fraction of sp³-hybridized carbons (Fsp3) is 0.556. The molecule has 0 heterocycles. The largest absolute Gasteiger partial charge is 0.484 e. The third-order valence-electron chi connectivity index (χ3n) is 4.21. The number of carbonyl (C=O) groups excluding carboxylic acids is 2. The first-order chi connectivity index (χ1) is 11.0. The van der Waals surface area contributed by atoms with Crippen LogP contribution in [0.5, 0.6) is 5.75 Å². The van der Waals surface area contributed by atoms with Crippen LogP contribution >= 0.6 is 0 Å². The lowest BCUT2D eigenvalue weighted by atomic mass is 10.0. The number of nitrogens with one attached hydrogen (secondary N) is 2. The molecule has 2 N–H and O–H groups in total. The minimum absolute atomic E-state index is 0.120. The first-order valence-electron chi connectivity index (χ1n) is 8.35. The predicted molar refractivity (Wildman–Crippen MR) is 88.9 cm³/mol. The number of hydrazine groups is 1. The number of hydrogen-bond donors (Lipinski definition) is 2. The minimum Gasteiger partial charge on any atom is -0.484 e. The van der Waals surface area contributed by atoms with Gasteiger partial charge < -0.3 is 4.74 Å². The molecule has 0 bridgehead atoms. The van der Waals surface area contributed by atoms with E-state index in [9.17, 15) is 9.59 Å². The average molecular weight is 318 g/mol. The first-order valence-corrected chi connectivity index (χ1v) is 8.35. The zero-order valence-electron chi connectivity index (χ0n) is 13.9. The summed E-state index contributed by atoms with van der Waals surface area (Å²) in [7, 11) is 0. The summed E-state index contributed by atoms with van der Waals surface area (Å²) in [6.07, 6.45) is 5.10. The molecule has 0 spiro atoms. The molecule has 1 fully saturated rings. The lowest BCUT2D eigenvalue weighted by Gasteiger charge is -2.11. The van der Waals surface area contributed by atoms with E-state index >= 15 is 0 Å². The Kier molecular flexibility index (Phi) is 6.44. The molecule has 5 nitrogen and oxygen atoms in total. The van der Waals surface area contributed by atoms with Crippen molar-refractivity contribution in [2.45, 2.75) is 51.9 Å². The third-order valence-corrected chi connectivity index (χ3v) is 4.21. The van der Waals surface area contributed by atoms with Gasteiger partial charge in [-0.25, -0.2) is 0 Å². The third kappa shape index (κ3) is 5.93. The van der Waals surface area contributed by atoms with E-state index in [1.165, 1.54) is 18.4 Å². The number of amides is 2. The second-order valence-electron chi connectivity index (χ2n) is 6.46. The highest BCUT2D eigenvalue weighted by Crippen LogP contribution is 2.27. The second-order valence-corrected chi connectivity index (χ2v) is 6.46. The maximum Gasteiger partial charge on any atom is 0.276 e. The standard InChI is InChI=1S/C18H26N2O3/c1-13(2)15-7-9-16(10-8-15)23-12-18(22)20-19-17(21)11-14-5-3-4-6-14/h7-10,13-14H,3-6,11-12H2,1-2H3,(H,19,21)(H,20,22). The number of hydrogen-bond acceptors (Lipinski definition) is 3. The highest BCUT2D eigenvalue weighted by molar-refractivity contribution is 5.82. The molecule has 0 aliphatic heterocycles. The first kappa shape index (κ1) is 17.3. The molecule has 1 aliphatic carbocycles. The van der Waals surface area contributed by atoms with E-state index in [0.717, 1.165) is 12.8 Å². The van der Waals surface area contributed by atoms with Crippen LogP contribution < -0.4 is 15.6 Å². The lowest BCUT2D eigenvalue weighted by molar-refractivity contribution is -0.130. The average Bonchev–Trinajstić information content (AvgIpc) is 3.04. The molecule has 2 rings (SSSR count). The van der Waals surface area contributed by atoms with Crippen molar-refractivity contribution in [1.82, 2.24) is 10.9 Å². The summed E-state index contributed by atoms with van der Waals surface area (Å²) in [4.78, 5) is 23.4. The lowest BCUT2D eigenvalue weighted by Crippen LogP contribution is -2.44. The molecule has 0 aromatic heterocycles. The molecule has 1 aromatic carbocycles. The summed E-state index contributed by atoms with van der Waals surface area (Å²) in [6.45, 7) is 4.12. The second kappa shape index (κ2) is 8.56. The van der Waals surface area contributed by atoms with Gasteiger partial charge in [0.15, 0.2) is 6.61 Å². The van der Waals surface area contributed by atoms with Gasteiger partial charge in [-0.1, -0.05) is 38.8 Å². The van der Waals surface area contributed by atoms with Crippen LogP contribution in [0, 0.1) is 5.92 Å². The molecule has 1 aliphatic rings. The Morgan fingerprint density at radius 2 is 1.70 bits per heavy atom. The van der Waals surface area contributed by atoms with Crippen molar-refractivity contribution in [3.05, 3.63) is 29.8 Å². The molecular weight excluding hydrogens is 292 g/mol. The van der Waals surface area contributed by atoms with Crippen molar-refractivity contribution in [2.24, 2.45) is 5.92 Å². The zero-order chi connectivity index (χ0) is 16.7. The normalized spacial score (nSPS) is 14.7. The van der Waals surface area contributed by atoms with Gasteiger partial charge in [-0.05, 0) is 42.4 Å². The Morgan fingerprint density at radius 1 is 1.09 bits per heavy atom. The monoisotopic (exact) mass is 318 g/mol. The molecule has 0 radical (unpaired) electrons. The number of rotatable bonds is 6. The maximum atomic E-state index is 11.7. The number of ether oxygens (including phenoxy) is 1. The van der Waals surface area contributed by atoms with Crippen LogP contribution in [0.2, 0.25) is 0 Å². The predicted octanol–water partition coefficient (Wildman–Crippen LogP) is 2.92. The Labute approximate surface area is 137 Å². The van der Waals surface area contributed by atoms with Gasteiger partial charge in [0.1, 0.15) is 5.75 Å². The Morgan fingerprint density at radius 3 is 2.30 bits per heavy atom. The number of carbonyl (C=O) groups is 2. The smallest absolute Gasteiger partial charge is 0.276 e. The molecular formula is C18H26N2O3. The van der Waals surface area contributed by atoms with E-state index in [1.807, 2.05) is 24.3 Å². The summed E-state index contributed by atoms with van der Waals surface area (Å²) >= 11 is 0. The highest BCUT2D eigenvalue weighted by Gasteiger charge is 2.18. The van der Waals surface area contributed by atoms with Crippen molar-refractivity contribution in [3.63, 3.8) is 0 Å². The van der Waals surface area contributed by atoms with Crippen LogP contribution in [-0.2, 0) is 9.59 Å². The highest BCUT2D eigenvalue weighted by atomic mass is 16.5. The molecule has 0 saturated heterocycles. The van der Waals surface area contributed by atoms with Crippen LogP contribution in [0.3, 0.4) is 0 Å². The SMILES string of the molecule is CC(C)c1ccc(OCC(=O)NNC(=O)CC2CCCC2)cc1. The fourth-order valence-corrected chi connectivity index (χ4v) is 2.80. The van der Waals surface area contributed by atoms with Gasteiger partial charge >= 0.3 is 0 Å². The quantitative estimate of drug-likeness (QED) is 0.793. The van der Waals surface area contributed by atoms with Crippen LogP contribution in [0.15, 0.2) is 24.3 Å². The van der Waals surface area contributed by atoms with Crippen molar-refractivity contribution < 1.29 is 14.3 Å². The van der Waals surface area contributed by atoms with Gasteiger partial charge in [-0.15, -0.1) is 0 Å². The topological polar surface area (TPSA) is 67.4 Å². The maximum absolute atomic E-state index is 11.7. The van der Waals surface area contributed by atoms with Crippen molar-refractivity contribution in [1.29, 1.82) is 0 Å². The van der Waals surface area contributed by atoms with Crippen LogP contribution in [0.1, 0.15) is 57.4 Å². The van der Waals surface area contributed by atoms with Crippen LogP contribution in [0.25, 0.3) is 0 Å². The van der Waals surface area contributed by atoms with E-state index in [-0.39, 0.29) is 18.4 Å². The Balaban J connectivity index is 1.65. The van der Waals surface area contributed by atoms with E-state index in [1.54, 1.807) is 0 Å². The van der Waals surface area contributed by atoms with Gasteiger partial charge in [0.05, 0.1) is 0 Å². The van der Waals surface area contributed by atoms with E-state index in [0.29, 0.717) is 24.0 Å². The summed E-state index contributed by atoms with van der Waals surface area (Å²) in [5.41, 5.74) is 6.07. The molecule has 1 saturated carbocycles. The minimum atomic E-state index is -0.363. The molecule has 2 amide bonds. The van der Waals surface area contributed by atoms with Crippen LogP contribution in [-0.4, -0.2) is 18.4 Å². The fourth-order valence-electron chi connectivity index (χ4n) is 2.80. The Bertz CT molecular complexity index is 520. The summed E-state index contributed by atoms with van der Waals surface area (Å²) in [5, 5.41) is 0. The summed E-state index contributed by atoms with van der Waals surface area (Å²) in [6, 6.07) is 7.67.